The van der Waals surface area contributed by atoms with E-state index in [9.17, 15) is 9.90 Å². The molecule has 146 valence electrons. The Morgan fingerprint density at radius 3 is 2.64 bits per heavy atom. The average molecular weight is 401 g/mol. The highest BCUT2D eigenvalue weighted by molar-refractivity contribution is 6.30. The lowest BCUT2D eigenvalue weighted by atomic mass is 9.90. The Hall–Kier alpha value is -3.15. The van der Waals surface area contributed by atoms with Gasteiger partial charge >= 0.3 is 0 Å². The fourth-order valence-corrected chi connectivity index (χ4v) is 2.27. The van der Waals surface area contributed by atoms with Gasteiger partial charge in [-0.1, -0.05) is 25.4 Å². The highest BCUT2D eigenvalue weighted by Gasteiger charge is 2.31. The van der Waals surface area contributed by atoms with Crippen LogP contribution >= 0.6 is 11.6 Å². The third-order valence-corrected chi connectivity index (χ3v) is 4.13. The third kappa shape index (κ3) is 5.94. The minimum Gasteiger partial charge on any atom is -0.396 e. The lowest BCUT2D eigenvalue weighted by molar-refractivity contribution is 0.0821. The maximum atomic E-state index is 12.6. The monoisotopic (exact) mass is 400 g/mol. The predicted octanol–water partition coefficient (Wildman–Crippen LogP) is 2.35. The van der Waals surface area contributed by atoms with Crippen LogP contribution < -0.4 is 16.0 Å². The van der Waals surface area contributed by atoms with Crippen LogP contribution in [0.25, 0.3) is 0 Å². The summed E-state index contributed by atoms with van der Waals surface area (Å²) in [6.07, 6.45) is 4.15. The molecule has 1 heterocycles. The van der Waals surface area contributed by atoms with Crippen molar-refractivity contribution in [1.29, 1.82) is 5.26 Å². The SMILES string of the molecule is CC(C)(CO)C(/N=C(\NC#N)Nc1cccnc1)NC(=O)c1ccc(Cl)cc1. The van der Waals surface area contributed by atoms with Gasteiger partial charge in [0.25, 0.3) is 5.91 Å². The number of hydrogen-bond acceptors (Lipinski definition) is 5. The zero-order valence-corrected chi connectivity index (χ0v) is 16.2. The standard InChI is InChI=1S/C19H21ClN6O2/c1-19(2,11-27)17(25-16(28)13-5-7-14(20)8-6-13)26-18(23-12-21)24-15-4-3-9-22-10-15/h3-10,17,27H,11H2,1-2H3,(H,25,28)(H2,23,24,26). The molecule has 9 heteroatoms. The summed E-state index contributed by atoms with van der Waals surface area (Å²) in [6.45, 7) is 3.25. The Bertz CT molecular complexity index is 862. The fourth-order valence-electron chi connectivity index (χ4n) is 2.15. The molecule has 0 saturated heterocycles. The second-order valence-corrected chi connectivity index (χ2v) is 7.05. The van der Waals surface area contributed by atoms with E-state index in [1.54, 1.807) is 68.8 Å². The van der Waals surface area contributed by atoms with Gasteiger partial charge in [0.15, 0.2) is 6.19 Å². The smallest absolute Gasteiger partial charge is 0.252 e. The number of nitriles is 1. The zero-order chi connectivity index (χ0) is 20.6. The molecule has 0 aliphatic carbocycles. The predicted molar refractivity (Wildman–Crippen MR) is 108 cm³/mol. The maximum absolute atomic E-state index is 12.6. The summed E-state index contributed by atoms with van der Waals surface area (Å²) >= 11 is 5.86. The van der Waals surface area contributed by atoms with Crippen LogP contribution in [0.15, 0.2) is 53.8 Å². The summed E-state index contributed by atoms with van der Waals surface area (Å²) in [4.78, 5) is 21.0. The first-order valence-corrected chi connectivity index (χ1v) is 8.81. The molecule has 1 aromatic heterocycles. The van der Waals surface area contributed by atoms with Crippen molar-refractivity contribution < 1.29 is 9.90 Å². The van der Waals surface area contributed by atoms with Crippen molar-refractivity contribution in [2.45, 2.75) is 20.0 Å². The number of pyridine rings is 1. The molecule has 0 saturated carbocycles. The Morgan fingerprint density at radius 1 is 1.36 bits per heavy atom. The van der Waals surface area contributed by atoms with Gasteiger partial charge in [0, 0.05) is 22.2 Å². The van der Waals surface area contributed by atoms with E-state index in [4.69, 9.17) is 16.9 Å². The molecule has 0 radical (unpaired) electrons. The number of carbonyl (C=O) groups is 1. The molecule has 28 heavy (non-hydrogen) atoms. The number of nitrogens with zero attached hydrogens (tertiary/aromatic N) is 3. The van der Waals surface area contributed by atoms with Crippen molar-refractivity contribution in [2.24, 2.45) is 10.4 Å². The molecule has 0 fully saturated rings. The van der Waals surface area contributed by atoms with Gasteiger partial charge in [-0.2, -0.15) is 5.26 Å². The van der Waals surface area contributed by atoms with Crippen LogP contribution in [-0.4, -0.2) is 34.7 Å². The first-order chi connectivity index (χ1) is 13.4. The van der Waals surface area contributed by atoms with Crippen molar-refractivity contribution in [3.8, 4) is 6.19 Å². The molecule has 4 N–H and O–H groups in total. The molecule has 0 aliphatic heterocycles. The van der Waals surface area contributed by atoms with E-state index < -0.39 is 11.6 Å². The van der Waals surface area contributed by atoms with E-state index >= 15 is 0 Å². The number of carbonyl (C=O) groups excluding carboxylic acids is 1. The number of rotatable bonds is 6. The molecule has 1 aromatic carbocycles. The number of guanidine groups is 1. The summed E-state index contributed by atoms with van der Waals surface area (Å²) in [7, 11) is 0. The van der Waals surface area contributed by atoms with Gasteiger partial charge in [-0.25, -0.2) is 4.99 Å². The van der Waals surface area contributed by atoms with Gasteiger partial charge < -0.3 is 15.7 Å². The second-order valence-electron chi connectivity index (χ2n) is 6.61. The number of aliphatic imine (C=N–C) groups is 1. The highest BCUT2D eigenvalue weighted by atomic mass is 35.5. The minimum atomic E-state index is -0.833. The van der Waals surface area contributed by atoms with Crippen LogP contribution in [0.1, 0.15) is 24.2 Å². The molecular formula is C19H21ClN6O2. The average Bonchev–Trinajstić information content (AvgIpc) is 2.68. The van der Waals surface area contributed by atoms with Crippen LogP contribution in [0.5, 0.6) is 0 Å². The second kappa shape index (κ2) is 9.69. The third-order valence-electron chi connectivity index (χ3n) is 3.88. The van der Waals surface area contributed by atoms with Crippen molar-refractivity contribution >= 4 is 29.2 Å². The van der Waals surface area contributed by atoms with Crippen LogP contribution in [0.3, 0.4) is 0 Å². The van der Waals surface area contributed by atoms with Gasteiger partial charge in [-0.3, -0.25) is 15.1 Å². The van der Waals surface area contributed by atoms with Gasteiger partial charge in [0.05, 0.1) is 18.5 Å². The Kier molecular flexibility index (Phi) is 7.32. The summed E-state index contributed by atoms with van der Waals surface area (Å²) in [5, 5.41) is 27.5. The lowest BCUT2D eigenvalue weighted by Crippen LogP contribution is -2.47. The van der Waals surface area contributed by atoms with E-state index in [0.29, 0.717) is 16.3 Å². The first-order valence-electron chi connectivity index (χ1n) is 8.43. The number of aliphatic hydroxyl groups excluding tert-OH is 1. The Balaban J connectivity index is 2.29. The highest BCUT2D eigenvalue weighted by Crippen LogP contribution is 2.22. The number of halogens is 1. The van der Waals surface area contributed by atoms with Gasteiger partial charge in [0.1, 0.15) is 6.17 Å². The quantitative estimate of drug-likeness (QED) is 0.255. The summed E-state index contributed by atoms with van der Waals surface area (Å²) in [5.74, 6) is -0.275. The van der Waals surface area contributed by atoms with E-state index in [1.165, 1.54) is 0 Å². The Labute approximate surface area is 168 Å². The number of nitrogens with one attached hydrogen (secondary N) is 3. The van der Waals surface area contributed by atoms with Crippen LogP contribution in [-0.2, 0) is 0 Å². The molecule has 8 nitrogen and oxygen atoms in total. The molecule has 2 aromatic rings. The van der Waals surface area contributed by atoms with E-state index in [2.05, 4.69) is 25.9 Å². The van der Waals surface area contributed by atoms with E-state index in [-0.39, 0.29) is 18.5 Å². The fraction of sp³-hybridized carbons (Fsp3) is 0.263. The molecule has 0 aliphatic rings. The van der Waals surface area contributed by atoms with Crippen LogP contribution in [0.4, 0.5) is 5.69 Å². The molecule has 1 amide bonds. The number of aromatic nitrogens is 1. The minimum absolute atomic E-state index is 0.110. The number of benzene rings is 1. The maximum Gasteiger partial charge on any atom is 0.252 e. The van der Waals surface area contributed by atoms with Gasteiger partial charge in [-0.05, 0) is 36.4 Å². The van der Waals surface area contributed by atoms with Crippen molar-refractivity contribution in [3.63, 3.8) is 0 Å². The lowest BCUT2D eigenvalue weighted by Gasteiger charge is -2.30. The van der Waals surface area contributed by atoms with E-state index in [1.807, 2.05) is 0 Å². The molecule has 0 bridgehead atoms. The van der Waals surface area contributed by atoms with Gasteiger partial charge in [-0.15, -0.1) is 0 Å². The van der Waals surface area contributed by atoms with Crippen LogP contribution in [0, 0.1) is 16.9 Å². The summed E-state index contributed by atoms with van der Waals surface area (Å²) in [5.41, 5.74) is 0.197. The molecular weight excluding hydrogens is 380 g/mol. The van der Waals surface area contributed by atoms with Gasteiger partial charge in [0.2, 0.25) is 5.96 Å². The zero-order valence-electron chi connectivity index (χ0n) is 15.5. The summed E-state index contributed by atoms with van der Waals surface area (Å²) < 4.78 is 0. The number of amides is 1. The summed E-state index contributed by atoms with van der Waals surface area (Å²) in [6, 6.07) is 9.88. The normalized spacial score (nSPS) is 12.6. The Morgan fingerprint density at radius 2 is 2.07 bits per heavy atom. The van der Waals surface area contributed by atoms with Crippen molar-refractivity contribution in [1.82, 2.24) is 15.6 Å². The molecule has 1 atom stereocenters. The largest absolute Gasteiger partial charge is 0.396 e. The molecule has 2 rings (SSSR count). The van der Waals surface area contributed by atoms with Crippen molar-refractivity contribution in [2.75, 3.05) is 11.9 Å². The van der Waals surface area contributed by atoms with Crippen molar-refractivity contribution in [3.05, 3.63) is 59.4 Å². The molecule has 1 unspecified atom stereocenters. The number of hydrogen-bond donors (Lipinski definition) is 4. The number of aliphatic hydroxyl groups is 1. The number of anilines is 1. The first kappa shape index (κ1) is 21.2. The molecule has 0 spiro atoms. The van der Waals surface area contributed by atoms with E-state index in [0.717, 1.165) is 0 Å². The van der Waals surface area contributed by atoms with Crippen LogP contribution in [0.2, 0.25) is 5.02 Å². The topological polar surface area (TPSA) is 122 Å².